The van der Waals surface area contributed by atoms with E-state index in [-0.39, 0.29) is 43.2 Å². The van der Waals surface area contributed by atoms with Crippen LogP contribution in [-0.2, 0) is 9.59 Å². The van der Waals surface area contributed by atoms with Gasteiger partial charge in [-0.2, -0.15) is 0 Å². The average molecular weight is 668 g/mol. The van der Waals surface area contributed by atoms with Crippen molar-refractivity contribution in [1.29, 1.82) is 0 Å². The predicted octanol–water partition coefficient (Wildman–Crippen LogP) is 4.57. The first-order valence-electron chi connectivity index (χ1n) is 14.5. The highest BCUT2D eigenvalue weighted by Crippen LogP contribution is 2.47. The Labute approximate surface area is 250 Å². The Morgan fingerprint density at radius 3 is 2.50 bits per heavy atom. The number of hydrogen-bond acceptors (Lipinski definition) is 7. The number of methoxy groups -OCH3 is 1. The minimum Gasteiger partial charge on any atom is -0.504 e. The molecule has 0 bridgehead atoms. The van der Waals surface area contributed by atoms with Gasteiger partial charge in [0.05, 0.1) is 41.8 Å². The fourth-order valence-electron chi connectivity index (χ4n) is 6.97. The van der Waals surface area contributed by atoms with E-state index < -0.39 is 23.9 Å². The van der Waals surface area contributed by atoms with Crippen molar-refractivity contribution < 1.29 is 34.8 Å². The summed E-state index contributed by atoms with van der Waals surface area (Å²) in [4.78, 5) is 28.5. The van der Waals surface area contributed by atoms with E-state index in [9.17, 15) is 30.0 Å². The van der Waals surface area contributed by atoms with E-state index in [0.29, 0.717) is 33.3 Å². The maximum atomic E-state index is 13.6. The minimum absolute atomic E-state index is 0.0898. The molecule has 1 saturated heterocycles. The van der Waals surface area contributed by atoms with Gasteiger partial charge >= 0.3 is 0 Å². The number of rotatable bonds is 11. The summed E-state index contributed by atoms with van der Waals surface area (Å²) in [6.07, 6.45) is 8.72. The lowest BCUT2D eigenvalue weighted by Gasteiger charge is -2.36. The molecule has 2 aliphatic carbocycles. The van der Waals surface area contributed by atoms with Gasteiger partial charge in [-0.1, -0.05) is 44.3 Å². The maximum Gasteiger partial charge on any atom is 0.234 e. The van der Waals surface area contributed by atoms with Crippen LogP contribution in [0.3, 0.4) is 0 Å². The lowest BCUT2D eigenvalue weighted by Crippen LogP contribution is -2.42. The fourth-order valence-corrected chi connectivity index (χ4v) is 7.59. The number of imide groups is 1. The molecule has 4 rings (SSSR count). The number of aliphatic hydroxyl groups is 3. The number of aliphatic hydroxyl groups excluding tert-OH is 3. The smallest absolute Gasteiger partial charge is 0.234 e. The number of amides is 2. The third kappa shape index (κ3) is 6.27. The third-order valence-corrected chi connectivity index (χ3v) is 9.68. The highest BCUT2D eigenvalue weighted by Gasteiger charge is 2.56. The molecule has 0 radical (unpaired) electrons. The molecular formula is C31H42INO7. The first-order chi connectivity index (χ1) is 19.2. The zero-order valence-corrected chi connectivity index (χ0v) is 25.6. The fraction of sp³-hybridized carbons (Fsp3) is 0.613. The van der Waals surface area contributed by atoms with E-state index in [4.69, 9.17) is 4.74 Å². The Kier molecular flexibility index (Phi) is 10.7. The number of benzene rings is 1. The number of phenols is 1. The Balaban J connectivity index is 1.56. The largest absolute Gasteiger partial charge is 0.504 e. The average Bonchev–Trinajstić information content (AvgIpc) is 3.21. The van der Waals surface area contributed by atoms with Crippen LogP contribution in [-0.4, -0.2) is 69.6 Å². The summed E-state index contributed by atoms with van der Waals surface area (Å²) in [5, 5.41) is 42.4. The van der Waals surface area contributed by atoms with Crippen LogP contribution >= 0.6 is 22.6 Å². The van der Waals surface area contributed by atoms with Gasteiger partial charge in [-0.15, -0.1) is 0 Å². The van der Waals surface area contributed by atoms with Crippen molar-refractivity contribution in [2.45, 2.75) is 83.3 Å². The number of carbonyl (C=O) groups is 2. The van der Waals surface area contributed by atoms with Crippen molar-refractivity contribution in [3.05, 3.63) is 38.0 Å². The summed E-state index contributed by atoms with van der Waals surface area (Å²) in [6, 6.07) is 3.56. The standard InChI is InChI=1S/C31H42INO7/c1-3-7-18(12-19-13-24(32)29(37)26(14-19)40-2)10-11-25(36)27-20(16-34)15-22-28(23(27)17-35)31(39)33(30(22)38)21-8-5-4-6-9-21/h12-14,21-23,25,28,34-37H,3-11,15-17H2,1-2H3/b18-12+/t22-,23+,25-,28-/m1/s1. The van der Waals surface area contributed by atoms with Crippen molar-refractivity contribution >= 4 is 40.5 Å². The lowest BCUT2D eigenvalue weighted by molar-refractivity contribution is -0.143. The molecule has 1 saturated carbocycles. The van der Waals surface area contributed by atoms with Crippen LogP contribution in [0.4, 0.5) is 0 Å². The number of likely N-dealkylation sites (tertiary alicyclic amines) is 1. The molecule has 1 aromatic carbocycles. The van der Waals surface area contributed by atoms with E-state index in [1.54, 1.807) is 6.07 Å². The highest BCUT2D eigenvalue weighted by atomic mass is 127. The van der Waals surface area contributed by atoms with Crippen molar-refractivity contribution in [2.75, 3.05) is 20.3 Å². The Bertz CT molecular complexity index is 1160. The van der Waals surface area contributed by atoms with Gasteiger partial charge in [-0.25, -0.2) is 0 Å². The third-order valence-electron chi connectivity index (χ3n) is 8.86. The van der Waals surface area contributed by atoms with Crippen molar-refractivity contribution in [2.24, 2.45) is 17.8 Å². The number of nitrogens with zero attached hydrogens (tertiary/aromatic N) is 1. The number of halogens is 1. The van der Waals surface area contributed by atoms with Gasteiger partial charge in [0, 0.05) is 12.0 Å². The molecule has 0 spiro atoms. The molecule has 4 atom stereocenters. The van der Waals surface area contributed by atoms with Gasteiger partial charge in [0.25, 0.3) is 0 Å². The monoisotopic (exact) mass is 667 g/mol. The predicted molar refractivity (Wildman–Crippen MR) is 161 cm³/mol. The second-order valence-corrected chi connectivity index (χ2v) is 12.5. The van der Waals surface area contributed by atoms with Gasteiger partial charge in [-0.3, -0.25) is 14.5 Å². The van der Waals surface area contributed by atoms with Gasteiger partial charge in [-0.05, 0) is 90.0 Å². The summed E-state index contributed by atoms with van der Waals surface area (Å²) in [6.45, 7) is 1.40. The summed E-state index contributed by atoms with van der Waals surface area (Å²) >= 11 is 2.06. The maximum absolute atomic E-state index is 13.6. The summed E-state index contributed by atoms with van der Waals surface area (Å²) < 4.78 is 5.98. The Morgan fingerprint density at radius 2 is 1.88 bits per heavy atom. The van der Waals surface area contributed by atoms with Crippen LogP contribution in [0.5, 0.6) is 11.5 Å². The molecule has 1 aromatic rings. The summed E-state index contributed by atoms with van der Waals surface area (Å²) in [5.41, 5.74) is 3.09. The lowest BCUT2D eigenvalue weighted by atomic mass is 9.68. The van der Waals surface area contributed by atoms with Gasteiger partial charge in [0.15, 0.2) is 11.5 Å². The van der Waals surface area contributed by atoms with Crippen molar-refractivity contribution in [3.8, 4) is 11.5 Å². The molecule has 0 aromatic heterocycles. The number of ether oxygens (including phenoxy) is 1. The molecule has 0 unspecified atom stereocenters. The normalized spacial score (nSPS) is 25.0. The molecule has 9 heteroatoms. The molecule has 8 nitrogen and oxygen atoms in total. The quantitative estimate of drug-likeness (QED) is 0.155. The minimum atomic E-state index is -0.957. The second kappa shape index (κ2) is 13.8. The van der Waals surface area contributed by atoms with Crippen LogP contribution in [0.2, 0.25) is 0 Å². The van der Waals surface area contributed by atoms with Crippen LogP contribution in [0.25, 0.3) is 6.08 Å². The van der Waals surface area contributed by atoms with Gasteiger partial charge in [0.1, 0.15) is 0 Å². The van der Waals surface area contributed by atoms with E-state index in [1.165, 1.54) is 12.0 Å². The van der Waals surface area contributed by atoms with Crippen LogP contribution in [0, 0.1) is 21.3 Å². The molecule has 1 heterocycles. The molecule has 2 amide bonds. The number of aromatic hydroxyl groups is 1. The number of phenolic OH excluding ortho intramolecular Hbond substituents is 1. The molecule has 40 heavy (non-hydrogen) atoms. The van der Waals surface area contributed by atoms with Crippen molar-refractivity contribution in [3.63, 3.8) is 0 Å². The molecule has 3 aliphatic rings. The molecule has 4 N–H and O–H groups in total. The van der Waals surface area contributed by atoms with Gasteiger partial charge < -0.3 is 25.2 Å². The highest BCUT2D eigenvalue weighted by molar-refractivity contribution is 14.1. The zero-order chi connectivity index (χ0) is 29.0. The van der Waals surface area contributed by atoms with Crippen LogP contribution < -0.4 is 4.74 Å². The van der Waals surface area contributed by atoms with E-state index in [2.05, 4.69) is 29.5 Å². The first kappa shape index (κ1) is 31.0. The molecule has 1 aliphatic heterocycles. The first-order valence-corrected chi connectivity index (χ1v) is 15.6. The zero-order valence-electron chi connectivity index (χ0n) is 23.4. The van der Waals surface area contributed by atoms with Crippen molar-refractivity contribution in [1.82, 2.24) is 4.90 Å². The van der Waals surface area contributed by atoms with E-state index in [0.717, 1.165) is 56.1 Å². The molecule has 2 fully saturated rings. The van der Waals surface area contributed by atoms with E-state index >= 15 is 0 Å². The summed E-state index contributed by atoms with van der Waals surface area (Å²) in [7, 11) is 1.51. The SMILES string of the molecule is CCC/C(=C\c1cc(I)c(O)c(OC)c1)CC[C@@H](O)C1=C(CO)C[C@H]2C(=O)N(C3CCCCC3)C(=O)[C@H]2[C@H]1CO. The van der Waals surface area contributed by atoms with Crippen LogP contribution in [0.15, 0.2) is 28.9 Å². The number of allylic oxidation sites excluding steroid dienone is 1. The van der Waals surface area contributed by atoms with E-state index in [1.807, 2.05) is 12.1 Å². The Hall–Kier alpha value is -1.95. The summed E-state index contributed by atoms with van der Waals surface area (Å²) in [5.74, 6) is -1.90. The topological polar surface area (TPSA) is 128 Å². The molecular weight excluding hydrogens is 625 g/mol. The number of hydrogen-bond donors (Lipinski definition) is 4. The molecule has 220 valence electrons. The van der Waals surface area contributed by atoms with Gasteiger partial charge in [0.2, 0.25) is 11.8 Å². The number of carbonyl (C=O) groups excluding carboxylic acids is 2. The Morgan fingerprint density at radius 1 is 1.15 bits per heavy atom. The number of fused-ring (bicyclic) bond motifs is 1. The second-order valence-electron chi connectivity index (χ2n) is 11.3. The van der Waals surface area contributed by atoms with Crippen LogP contribution in [0.1, 0.15) is 76.7 Å².